The maximum absolute atomic E-state index is 11.4. The Morgan fingerprint density at radius 2 is 2.16 bits per heavy atom. The summed E-state index contributed by atoms with van der Waals surface area (Å²) >= 11 is 0. The number of anilines is 1. The highest BCUT2D eigenvalue weighted by Gasteiger charge is 2.10. The van der Waals surface area contributed by atoms with E-state index in [-0.39, 0.29) is 18.3 Å². The van der Waals surface area contributed by atoms with Gasteiger partial charge in [0.05, 0.1) is 0 Å². The molecular formula is C14H23N3O2. The van der Waals surface area contributed by atoms with Crippen LogP contribution in [-0.2, 0) is 9.53 Å². The van der Waals surface area contributed by atoms with Gasteiger partial charge < -0.3 is 10.1 Å². The predicted molar refractivity (Wildman–Crippen MR) is 75.3 cm³/mol. The second kappa shape index (κ2) is 7.84. The molecule has 0 bridgehead atoms. The van der Waals surface area contributed by atoms with Gasteiger partial charge in [-0.15, -0.1) is 0 Å². The van der Waals surface area contributed by atoms with Gasteiger partial charge in [0, 0.05) is 32.0 Å². The lowest BCUT2D eigenvalue weighted by molar-refractivity contribution is -0.123. The topological polar surface area (TPSA) is 64.1 Å². The highest BCUT2D eigenvalue weighted by atomic mass is 16.5. The summed E-state index contributed by atoms with van der Waals surface area (Å²) < 4.78 is 4.81. The summed E-state index contributed by atoms with van der Waals surface area (Å²) in [6, 6.07) is 1.92. The second-order valence-electron chi connectivity index (χ2n) is 5.12. The number of nitrogens with one attached hydrogen (secondary N) is 1. The Morgan fingerprint density at radius 3 is 2.79 bits per heavy atom. The van der Waals surface area contributed by atoms with E-state index < -0.39 is 0 Å². The van der Waals surface area contributed by atoms with Crippen LogP contribution in [0.25, 0.3) is 0 Å². The number of methoxy groups -OCH3 is 1. The molecule has 1 aromatic heterocycles. The number of hydrogen-bond donors (Lipinski definition) is 1. The molecule has 5 heteroatoms. The number of carbonyl (C=O) groups excluding carboxylic acids is 1. The molecule has 0 saturated carbocycles. The van der Waals surface area contributed by atoms with Gasteiger partial charge in [0.15, 0.2) is 5.78 Å². The van der Waals surface area contributed by atoms with Gasteiger partial charge in [-0.3, -0.25) is 4.79 Å². The summed E-state index contributed by atoms with van der Waals surface area (Å²) in [4.78, 5) is 20.0. The molecule has 5 nitrogen and oxygen atoms in total. The lowest BCUT2D eigenvalue weighted by Crippen LogP contribution is -2.18. The smallest absolute Gasteiger partial charge is 0.222 e. The van der Waals surface area contributed by atoms with Gasteiger partial charge in [-0.05, 0) is 17.9 Å². The number of rotatable bonds is 8. The average Bonchev–Trinajstić information content (AvgIpc) is 2.37. The third-order valence-electron chi connectivity index (χ3n) is 2.76. The molecule has 0 amide bonds. The summed E-state index contributed by atoms with van der Waals surface area (Å²) in [5.41, 5.74) is 1.01. The normalized spacial score (nSPS) is 12.5. The zero-order valence-electron chi connectivity index (χ0n) is 12.1. The zero-order chi connectivity index (χ0) is 14.3. The van der Waals surface area contributed by atoms with Crippen molar-refractivity contribution in [1.29, 1.82) is 0 Å². The molecule has 0 aliphatic carbocycles. The van der Waals surface area contributed by atoms with Crippen LogP contribution in [0.1, 0.15) is 38.8 Å². The average molecular weight is 265 g/mol. The molecular weight excluding hydrogens is 242 g/mol. The first-order chi connectivity index (χ1) is 9.02. The summed E-state index contributed by atoms with van der Waals surface area (Å²) in [7, 11) is 1.53. The van der Waals surface area contributed by atoms with E-state index in [2.05, 4.69) is 29.1 Å². The number of ether oxygens (including phenoxy) is 1. The van der Waals surface area contributed by atoms with E-state index >= 15 is 0 Å². The quantitative estimate of drug-likeness (QED) is 0.781. The molecule has 0 radical (unpaired) electrons. The first-order valence-corrected chi connectivity index (χ1v) is 6.60. The van der Waals surface area contributed by atoms with Crippen molar-refractivity contribution >= 4 is 11.7 Å². The number of carbonyl (C=O) groups is 1. The van der Waals surface area contributed by atoms with Crippen LogP contribution in [0.2, 0.25) is 0 Å². The van der Waals surface area contributed by atoms with Crippen LogP contribution in [0, 0.1) is 5.92 Å². The fourth-order valence-electron chi connectivity index (χ4n) is 1.73. The fourth-order valence-corrected chi connectivity index (χ4v) is 1.73. The van der Waals surface area contributed by atoms with Crippen molar-refractivity contribution in [3.8, 4) is 0 Å². The highest BCUT2D eigenvalue weighted by Crippen LogP contribution is 2.12. The van der Waals surface area contributed by atoms with Gasteiger partial charge in [0.25, 0.3) is 0 Å². The van der Waals surface area contributed by atoms with Crippen molar-refractivity contribution in [3.05, 3.63) is 18.0 Å². The van der Waals surface area contributed by atoms with Crippen molar-refractivity contribution in [3.63, 3.8) is 0 Å². The maximum Gasteiger partial charge on any atom is 0.222 e. The van der Waals surface area contributed by atoms with Crippen molar-refractivity contribution in [2.75, 3.05) is 25.6 Å². The van der Waals surface area contributed by atoms with Crippen LogP contribution in [0.3, 0.4) is 0 Å². The molecule has 0 aliphatic heterocycles. The lowest BCUT2D eigenvalue weighted by Gasteiger charge is -2.12. The molecule has 1 aromatic rings. The standard InChI is InChI=1S/C14H23N3O2/c1-10(2)13-5-6-15-14(17-13)16-8-11(3)7-12(18)9-19-4/h5-6,10-11H,7-9H2,1-4H3,(H,15,16,17)/t11-/m0/s1. The molecule has 0 saturated heterocycles. The molecule has 1 heterocycles. The van der Waals surface area contributed by atoms with Crippen molar-refractivity contribution in [1.82, 2.24) is 9.97 Å². The minimum atomic E-state index is 0.119. The molecule has 19 heavy (non-hydrogen) atoms. The number of Topliss-reactive ketones (excluding diaryl/α,β-unsaturated/α-hetero) is 1. The van der Waals surface area contributed by atoms with E-state index in [0.29, 0.717) is 24.8 Å². The van der Waals surface area contributed by atoms with Crippen molar-refractivity contribution in [2.24, 2.45) is 5.92 Å². The Balaban J connectivity index is 2.43. The molecule has 106 valence electrons. The van der Waals surface area contributed by atoms with E-state index in [1.165, 1.54) is 7.11 Å². The van der Waals surface area contributed by atoms with E-state index in [1.54, 1.807) is 6.20 Å². The maximum atomic E-state index is 11.4. The summed E-state index contributed by atoms with van der Waals surface area (Å²) in [6.07, 6.45) is 2.26. The predicted octanol–water partition coefficient (Wildman–Crippen LogP) is 2.25. The number of hydrogen-bond acceptors (Lipinski definition) is 5. The lowest BCUT2D eigenvalue weighted by atomic mass is 10.1. The monoisotopic (exact) mass is 265 g/mol. The molecule has 0 spiro atoms. The van der Waals surface area contributed by atoms with Gasteiger partial charge >= 0.3 is 0 Å². The minimum Gasteiger partial charge on any atom is -0.377 e. The first-order valence-electron chi connectivity index (χ1n) is 6.60. The second-order valence-corrected chi connectivity index (χ2v) is 5.12. The van der Waals surface area contributed by atoms with Gasteiger partial charge in [0.1, 0.15) is 6.61 Å². The molecule has 0 fully saturated rings. The molecule has 0 aliphatic rings. The van der Waals surface area contributed by atoms with Gasteiger partial charge in [-0.25, -0.2) is 9.97 Å². The summed E-state index contributed by atoms with van der Waals surface area (Å²) in [6.45, 7) is 7.07. The SMILES string of the molecule is COCC(=O)C[C@H](C)CNc1nccc(C(C)C)n1. The number of aromatic nitrogens is 2. The van der Waals surface area contributed by atoms with Gasteiger partial charge in [0.2, 0.25) is 5.95 Å². The molecule has 0 aromatic carbocycles. The fraction of sp³-hybridized carbons (Fsp3) is 0.643. The van der Waals surface area contributed by atoms with Crippen LogP contribution in [0.5, 0.6) is 0 Å². The van der Waals surface area contributed by atoms with E-state index in [0.717, 1.165) is 5.69 Å². The van der Waals surface area contributed by atoms with Crippen LogP contribution in [0.15, 0.2) is 12.3 Å². The third-order valence-corrected chi connectivity index (χ3v) is 2.76. The van der Waals surface area contributed by atoms with Gasteiger partial charge in [-0.2, -0.15) is 0 Å². The molecule has 1 rings (SSSR count). The number of ketones is 1. The third kappa shape index (κ3) is 5.79. The van der Waals surface area contributed by atoms with Crippen LogP contribution in [0.4, 0.5) is 5.95 Å². The molecule has 1 atom stereocenters. The Morgan fingerprint density at radius 1 is 1.42 bits per heavy atom. The van der Waals surface area contributed by atoms with Crippen molar-refractivity contribution < 1.29 is 9.53 Å². The van der Waals surface area contributed by atoms with Crippen LogP contribution < -0.4 is 5.32 Å². The Kier molecular flexibility index (Phi) is 6.42. The Bertz CT molecular complexity index is 407. The van der Waals surface area contributed by atoms with Gasteiger partial charge in [-0.1, -0.05) is 20.8 Å². The van der Waals surface area contributed by atoms with E-state index in [1.807, 2.05) is 13.0 Å². The van der Waals surface area contributed by atoms with E-state index in [9.17, 15) is 4.79 Å². The molecule has 1 N–H and O–H groups in total. The van der Waals surface area contributed by atoms with Crippen LogP contribution >= 0.6 is 0 Å². The summed E-state index contributed by atoms with van der Waals surface area (Å²) in [5.74, 6) is 1.35. The minimum absolute atomic E-state index is 0.119. The van der Waals surface area contributed by atoms with E-state index in [4.69, 9.17) is 4.74 Å². The zero-order valence-corrected chi connectivity index (χ0v) is 12.1. The number of nitrogens with zero attached hydrogens (tertiary/aromatic N) is 2. The summed E-state index contributed by atoms with van der Waals surface area (Å²) in [5, 5.41) is 3.17. The van der Waals surface area contributed by atoms with Crippen LogP contribution in [-0.4, -0.2) is 36.0 Å². The Hall–Kier alpha value is -1.49. The van der Waals surface area contributed by atoms with Crippen molar-refractivity contribution in [2.45, 2.75) is 33.1 Å². The highest BCUT2D eigenvalue weighted by molar-refractivity contribution is 5.79. The largest absolute Gasteiger partial charge is 0.377 e. The Labute approximate surface area is 114 Å². The first kappa shape index (κ1) is 15.6. The molecule has 0 unspecified atom stereocenters.